The smallest absolute Gasteiger partial charge is 0.410 e. The first-order valence-electron chi connectivity index (χ1n) is 9.71. The number of nitrogens with zero attached hydrogens (tertiary/aromatic N) is 4. The van der Waals surface area contributed by atoms with Crippen molar-refractivity contribution in [1.29, 1.82) is 0 Å². The predicted octanol–water partition coefficient (Wildman–Crippen LogP) is 2.22. The summed E-state index contributed by atoms with van der Waals surface area (Å²) < 4.78 is 17.9. The second-order valence-electron chi connectivity index (χ2n) is 8.86. The largest absolute Gasteiger partial charge is 0.444 e. The van der Waals surface area contributed by atoms with E-state index in [4.69, 9.17) is 19.1 Å². The van der Waals surface area contributed by atoms with E-state index in [0.29, 0.717) is 38.2 Å². The number of methoxy groups -OCH3 is 1. The fourth-order valence-corrected chi connectivity index (χ4v) is 4.10. The minimum atomic E-state index is -0.750. The first-order valence-corrected chi connectivity index (χ1v) is 9.71. The van der Waals surface area contributed by atoms with E-state index in [0.717, 1.165) is 28.8 Å². The molecule has 0 aliphatic carbocycles. The molecule has 0 fully saturated rings. The van der Waals surface area contributed by atoms with Crippen LogP contribution < -0.4 is 0 Å². The SMILES string of the molecule is COCC1(C=O)Cc2conc2-c2c3c(nn2C1)CCN(C(=O)OC(C)(C)C)C3. The normalized spacial score (nSPS) is 21.0. The molecule has 2 aromatic heterocycles. The summed E-state index contributed by atoms with van der Waals surface area (Å²) in [6.45, 7) is 7.11. The molecule has 4 heterocycles. The molecule has 0 bridgehead atoms. The summed E-state index contributed by atoms with van der Waals surface area (Å²) in [7, 11) is 1.58. The van der Waals surface area contributed by atoms with E-state index >= 15 is 0 Å². The lowest BCUT2D eigenvalue weighted by Gasteiger charge is -2.29. The Balaban J connectivity index is 1.74. The number of ether oxygens (including phenoxy) is 2. The summed E-state index contributed by atoms with van der Waals surface area (Å²) in [5, 5.41) is 8.97. The Morgan fingerprint density at radius 2 is 2.21 bits per heavy atom. The standard InChI is InChI=1S/C20H26N4O5/c1-19(2,3)29-18(26)23-6-5-15-14(8-23)17-16-13(9-28-22-16)7-20(11-25,12-27-4)10-24(17)21-15/h9,11H,5-8,10,12H2,1-4H3. The van der Waals surface area contributed by atoms with Crippen molar-refractivity contribution in [3.05, 3.63) is 23.1 Å². The molecule has 29 heavy (non-hydrogen) atoms. The monoisotopic (exact) mass is 402 g/mol. The van der Waals surface area contributed by atoms with E-state index in [1.807, 2.05) is 25.5 Å². The minimum Gasteiger partial charge on any atom is -0.444 e. The third-order valence-electron chi connectivity index (χ3n) is 5.31. The van der Waals surface area contributed by atoms with Gasteiger partial charge >= 0.3 is 6.09 Å². The van der Waals surface area contributed by atoms with Crippen LogP contribution in [0.25, 0.3) is 11.4 Å². The van der Waals surface area contributed by atoms with Gasteiger partial charge in [-0.05, 0) is 27.2 Å². The molecule has 9 nitrogen and oxygen atoms in total. The molecule has 0 saturated carbocycles. The molecule has 0 spiro atoms. The molecule has 2 aliphatic rings. The molecule has 1 unspecified atom stereocenters. The van der Waals surface area contributed by atoms with Gasteiger partial charge in [-0.1, -0.05) is 5.16 Å². The van der Waals surface area contributed by atoms with Gasteiger partial charge in [0.15, 0.2) is 0 Å². The second-order valence-corrected chi connectivity index (χ2v) is 8.86. The number of carbonyl (C=O) groups is 2. The molecule has 0 saturated heterocycles. The fourth-order valence-electron chi connectivity index (χ4n) is 4.10. The molecular weight excluding hydrogens is 376 g/mol. The van der Waals surface area contributed by atoms with Crippen LogP contribution >= 0.6 is 0 Å². The third kappa shape index (κ3) is 3.55. The number of amides is 1. The topological polar surface area (TPSA) is 99.7 Å². The summed E-state index contributed by atoms with van der Waals surface area (Å²) in [4.78, 5) is 26.3. The van der Waals surface area contributed by atoms with Gasteiger partial charge in [0.1, 0.15) is 23.8 Å². The van der Waals surface area contributed by atoms with Crippen LogP contribution in [0.1, 0.15) is 37.6 Å². The molecule has 0 radical (unpaired) electrons. The van der Waals surface area contributed by atoms with Crippen LogP contribution in [0.2, 0.25) is 0 Å². The molecule has 0 aromatic carbocycles. The maximum Gasteiger partial charge on any atom is 0.410 e. The summed E-state index contributed by atoms with van der Waals surface area (Å²) in [5.41, 5.74) is 2.84. The highest BCUT2D eigenvalue weighted by molar-refractivity contribution is 5.72. The number of hydrogen-bond donors (Lipinski definition) is 0. The van der Waals surface area contributed by atoms with E-state index in [9.17, 15) is 9.59 Å². The van der Waals surface area contributed by atoms with E-state index in [1.165, 1.54) is 0 Å². The van der Waals surface area contributed by atoms with Crippen molar-refractivity contribution in [3.8, 4) is 11.4 Å². The number of aldehydes is 1. The van der Waals surface area contributed by atoms with Crippen LogP contribution in [0.4, 0.5) is 4.79 Å². The molecule has 2 aromatic rings. The number of carbonyl (C=O) groups excluding carboxylic acids is 2. The van der Waals surface area contributed by atoms with Gasteiger partial charge in [0.05, 0.1) is 36.5 Å². The Bertz CT molecular complexity index is 941. The van der Waals surface area contributed by atoms with Gasteiger partial charge in [0.2, 0.25) is 0 Å². The van der Waals surface area contributed by atoms with Gasteiger partial charge in [-0.3, -0.25) is 4.68 Å². The fraction of sp³-hybridized carbons (Fsp3) is 0.600. The maximum absolute atomic E-state index is 12.6. The lowest BCUT2D eigenvalue weighted by Crippen LogP contribution is -2.39. The highest BCUT2D eigenvalue weighted by Crippen LogP contribution is 2.39. The van der Waals surface area contributed by atoms with Gasteiger partial charge in [0.25, 0.3) is 0 Å². The van der Waals surface area contributed by atoms with Crippen LogP contribution in [-0.2, 0) is 40.2 Å². The van der Waals surface area contributed by atoms with Crippen molar-refractivity contribution >= 4 is 12.4 Å². The lowest BCUT2D eigenvalue weighted by molar-refractivity contribution is -0.120. The average Bonchev–Trinajstić information content (AvgIpc) is 3.20. The maximum atomic E-state index is 12.6. The highest BCUT2D eigenvalue weighted by atomic mass is 16.6. The summed E-state index contributed by atoms with van der Waals surface area (Å²) >= 11 is 0. The first kappa shape index (κ1) is 19.6. The number of aromatic nitrogens is 3. The van der Waals surface area contributed by atoms with E-state index < -0.39 is 11.0 Å². The Morgan fingerprint density at radius 3 is 2.90 bits per heavy atom. The number of hydrogen-bond acceptors (Lipinski definition) is 7. The second kappa shape index (κ2) is 6.98. The third-order valence-corrected chi connectivity index (χ3v) is 5.31. The van der Waals surface area contributed by atoms with Crippen LogP contribution in [-0.4, -0.2) is 58.1 Å². The van der Waals surface area contributed by atoms with Gasteiger partial charge in [0, 0.05) is 31.2 Å². The molecule has 1 atom stereocenters. The quantitative estimate of drug-likeness (QED) is 0.726. The van der Waals surface area contributed by atoms with Crippen LogP contribution in [0.15, 0.2) is 10.8 Å². The van der Waals surface area contributed by atoms with Gasteiger partial charge < -0.3 is 23.7 Å². The zero-order chi connectivity index (χ0) is 20.8. The number of fused-ring (bicyclic) bond motifs is 5. The molecule has 156 valence electrons. The Morgan fingerprint density at radius 1 is 1.41 bits per heavy atom. The first-order chi connectivity index (χ1) is 13.8. The molecule has 2 aliphatic heterocycles. The van der Waals surface area contributed by atoms with Gasteiger partial charge in [-0.15, -0.1) is 0 Å². The number of rotatable bonds is 3. The molecule has 1 amide bonds. The Labute approximate surface area is 168 Å². The summed E-state index contributed by atoms with van der Waals surface area (Å²) in [6, 6.07) is 0. The molecular formula is C20H26N4O5. The summed E-state index contributed by atoms with van der Waals surface area (Å²) in [6.07, 6.45) is 3.23. The van der Waals surface area contributed by atoms with Crippen molar-refractivity contribution in [2.75, 3.05) is 20.3 Å². The van der Waals surface area contributed by atoms with Crippen molar-refractivity contribution in [2.24, 2.45) is 5.41 Å². The molecule has 9 heteroatoms. The molecule has 4 rings (SSSR count). The zero-order valence-electron chi connectivity index (χ0n) is 17.2. The Hall–Kier alpha value is -2.68. The summed E-state index contributed by atoms with van der Waals surface area (Å²) in [5.74, 6) is 0. The predicted molar refractivity (Wildman–Crippen MR) is 102 cm³/mol. The van der Waals surface area contributed by atoms with Crippen LogP contribution in [0, 0.1) is 5.41 Å². The van der Waals surface area contributed by atoms with Gasteiger partial charge in [-0.2, -0.15) is 5.10 Å². The van der Waals surface area contributed by atoms with Crippen LogP contribution in [0.5, 0.6) is 0 Å². The van der Waals surface area contributed by atoms with E-state index in [1.54, 1.807) is 18.3 Å². The minimum absolute atomic E-state index is 0.273. The van der Waals surface area contributed by atoms with Crippen molar-refractivity contribution in [2.45, 2.75) is 52.3 Å². The van der Waals surface area contributed by atoms with Crippen LogP contribution in [0.3, 0.4) is 0 Å². The van der Waals surface area contributed by atoms with Crippen molar-refractivity contribution in [3.63, 3.8) is 0 Å². The van der Waals surface area contributed by atoms with Crippen molar-refractivity contribution < 1.29 is 23.6 Å². The van der Waals surface area contributed by atoms with Crippen molar-refractivity contribution in [1.82, 2.24) is 19.8 Å². The highest BCUT2D eigenvalue weighted by Gasteiger charge is 2.40. The van der Waals surface area contributed by atoms with E-state index in [2.05, 4.69) is 5.16 Å². The molecule has 0 N–H and O–H groups in total. The Kier molecular flexibility index (Phi) is 4.72. The zero-order valence-corrected chi connectivity index (χ0v) is 17.2. The average molecular weight is 402 g/mol. The van der Waals surface area contributed by atoms with Gasteiger partial charge in [-0.25, -0.2) is 4.79 Å². The van der Waals surface area contributed by atoms with E-state index in [-0.39, 0.29) is 12.7 Å². The lowest BCUT2D eigenvalue weighted by atomic mass is 9.84.